The monoisotopic (exact) mass is 213 g/mol. The Bertz CT molecular complexity index is 208. The van der Waals surface area contributed by atoms with E-state index in [4.69, 9.17) is 9.47 Å². The molecule has 2 fully saturated rings. The van der Waals surface area contributed by atoms with Gasteiger partial charge in [-0.3, -0.25) is 4.79 Å². The molecule has 0 aromatic rings. The van der Waals surface area contributed by atoms with Crippen LogP contribution in [-0.4, -0.2) is 38.4 Å². The molecule has 0 aromatic heterocycles. The Hall–Kier alpha value is -0.610. The van der Waals surface area contributed by atoms with Crippen LogP contribution >= 0.6 is 0 Å². The third kappa shape index (κ3) is 3.18. The fraction of sp³-hybridized carbons (Fsp3) is 0.909. The normalized spacial score (nSPS) is 27.9. The summed E-state index contributed by atoms with van der Waals surface area (Å²) in [4.78, 5) is 11.6. The van der Waals surface area contributed by atoms with Crippen LogP contribution in [0.3, 0.4) is 0 Å². The average molecular weight is 213 g/mol. The van der Waals surface area contributed by atoms with E-state index in [1.807, 2.05) is 0 Å². The number of hydrogen-bond acceptors (Lipinski definition) is 4. The van der Waals surface area contributed by atoms with Crippen molar-refractivity contribution in [2.24, 2.45) is 5.92 Å². The lowest BCUT2D eigenvalue weighted by atomic mass is 9.98. The van der Waals surface area contributed by atoms with E-state index in [2.05, 4.69) is 5.32 Å². The molecule has 2 rings (SSSR count). The molecule has 2 aliphatic rings. The highest BCUT2D eigenvalue weighted by Gasteiger charge is 2.24. The van der Waals surface area contributed by atoms with Crippen LogP contribution < -0.4 is 5.32 Å². The molecular weight excluding hydrogens is 194 g/mol. The van der Waals surface area contributed by atoms with Gasteiger partial charge in [0.1, 0.15) is 6.61 Å². The van der Waals surface area contributed by atoms with Gasteiger partial charge in [-0.2, -0.15) is 0 Å². The summed E-state index contributed by atoms with van der Waals surface area (Å²) >= 11 is 0. The van der Waals surface area contributed by atoms with Crippen LogP contribution in [0.5, 0.6) is 0 Å². The molecule has 0 aliphatic carbocycles. The number of carbonyl (C=O) groups excluding carboxylic acids is 1. The van der Waals surface area contributed by atoms with Crippen molar-refractivity contribution in [2.45, 2.75) is 31.8 Å². The molecule has 0 saturated carbocycles. The Morgan fingerprint density at radius 1 is 1.33 bits per heavy atom. The van der Waals surface area contributed by atoms with Crippen LogP contribution in [0.2, 0.25) is 0 Å². The van der Waals surface area contributed by atoms with Crippen LogP contribution in [0.25, 0.3) is 0 Å². The Kier molecular flexibility index (Phi) is 3.97. The molecule has 2 heterocycles. The molecule has 1 N–H and O–H groups in total. The molecule has 0 amide bonds. The lowest BCUT2D eigenvalue weighted by Crippen LogP contribution is -2.33. The highest BCUT2D eigenvalue weighted by molar-refractivity contribution is 5.72. The van der Waals surface area contributed by atoms with E-state index in [-0.39, 0.29) is 18.0 Å². The van der Waals surface area contributed by atoms with E-state index in [1.54, 1.807) is 0 Å². The number of hydrogen-bond donors (Lipinski definition) is 1. The maximum Gasteiger partial charge on any atom is 0.309 e. The molecule has 0 bridgehead atoms. The van der Waals surface area contributed by atoms with Crippen LogP contribution in [0.15, 0.2) is 0 Å². The second-order valence-corrected chi connectivity index (χ2v) is 4.29. The van der Waals surface area contributed by atoms with E-state index in [0.29, 0.717) is 6.61 Å². The van der Waals surface area contributed by atoms with Gasteiger partial charge in [-0.05, 0) is 38.8 Å². The summed E-state index contributed by atoms with van der Waals surface area (Å²) in [6, 6.07) is 0. The first-order valence-corrected chi connectivity index (χ1v) is 5.85. The van der Waals surface area contributed by atoms with E-state index in [0.717, 1.165) is 45.4 Å². The number of carbonyl (C=O) groups is 1. The highest BCUT2D eigenvalue weighted by atomic mass is 16.6. The third-order valence-electron chi connectivity index (χ3n) is 3.11. The van der Waals surface area contributed by atoms with E-state index in [9.17, 15) is 4.79 Å². The maximum atomic E-state index is 11.6. The van der Waals surface area contributed by atoms with Gasteiger partial charge in [0.25, 0.3) is 0 Å². The van der Waals surface area contributed by atoms with Crippen LogP contribution in [0.1, 0.15) is 25.7 Å². The van der Waals surface area contributed by atoms with Gasteiger partial charge < -0.3 is 14.8 Å². The van der Waals surface area contributed by atoms with Crippen LogP contribution in [-0.2, 0) is 14.3 Å². The number of nitrogens with one attached hydrogen (secondary N) is 1. The van der Waals surface area contributed by atoms with Gasteiger partial charge >= 0.3 is 5.97 Å². The zero-order valence-corrected chi connectivity index (χ0v) is 9.04. The van der Waals surface area contributed by atoms with Gasteiger partial charge in [-0.1, -0.05) is 0 Å². The fourth-order valence-corrected chi connectivity index (χ4v) is 2.13. The number of rotatable bonds is 3. The van der Waals surface area contributed by atoms with Crippen molar-refractivity contribution in [3.63, 3.8) is 0 Å². The summed E-state index contributed by atoms with van der Waals surface area (Å²) < 4.78 is 10.7. The summed E-state index contributed by atoms with van der Waals surface area (Å²) in [5.41, 5.74) is 0. The minimum atomic E-state index is -0.0352. The topological polar surface area (TPSA) is 47.6 Å². The smallest absolute Gasteiger partial charge is 0.309 e. The summed E-state index contributed by atoms with van der Waals surface area (Å²) in [5, 5.41) is 3.23. The van der Waals surface area contributed by atoms with Gasteiger partial charge in [0.2, 0.25) is 0 Å². The number of piperidine rings is 1. The first kappa shape index (κ1) is 10.9. The van der Waals surface area contributed by atoms with Crippen molar-refractivity contribution in [1.82, 2.24) is 5.32 Å². The summed E-state index contributed by atoms with van der Waals surface area (Å²) in [6.07, 6.45) is 4.08. The summed E-state index contributed by atoms with van der Waals surface area (Å²) in [6.45, 7) is 3.12. The predicted molar refractivity (Wildman–Crippen MR) is 55.5 cm³/mol. The van der Waals surface area contributed by atoms with E-state index >= 15 is 0 Å². The van der Waals surface area contributed by atoms with Crippen LogP contribution in [0.4, 0.5) is 0 Å². The zero-order chi connectivity index (χ0) is 10.5. The fourth-order valence-electron chi connectivity index (χ4n) is 2.13. The lowest BCUT2D eigenvalue weighted by molar-refractivity contribution is -0.152. The Labute approximate surface area is 90.3 Å². The second kappa shape index (κ2) is 5.47. The molecule has 0 radical (unpaired) electrons. The minimum absolute atomic E-state index is 0.0352. The Morgan fingerprint density at radius 3 is 2.80 bits per heavy atom. The maximum absolute atomic E-state index is 11.6. The largest absolute Gasteiger partial charge is 0.463 e. The minimum Gasteiger partial charge on any atom is -0.463 e. The second-order valence-electron chi connectivity index (χ2n) is 4.29. The number of esters is 1. The van der Waals surface area contributed by atoms with Gasteiger partial charge in [0, 0.05) is 6.61 Å². The van der Waals surface area contributed by atoms with Crippen molar-refractivity contribution in [2.75, 3.05) is 26.3 Å². The molecule has 1 atom stereocenters. The van der Waals surface area contributed by atoms with Crippen molar-refractivity contribution >= 4 is 5.97 Å². The van der Waals surface area contributed by atoms with Crippen molar-refractivity contribution in [3.8, 4) is 0 Å². The van der Waals surface area contributed by atoms with E-state index in [1.165, 1.54) is 0 Å². The Morgan fingerprint density at radius 2 is 2.13 bits per heavy atom. The molecule has 86 valence electrons. The standard InChI is InChI=1S/C11H19NO3/c13-11(9-3-5-12-6-4-9)15-8-10-2-1-7-14-10/h9-10,12H,1-8H2. The van der Waals surface area contributed by atoms with E-state index < -0.39 is 0 Å². The lowest BCUT2D eigenvalue weighted by Gasteiger charge is -2.21. The van der Waals surface area contributed by atoms with Gasteiger partial charge in [-0.15, -0.1) is 0 Å². The molecule has 0 spiro atoms. The van der Waals surface area contributed by atoms with Gasteiger partial charge in [0.05, 0.1) is 12.0 Å². The predicted octanol–water partition coefficient (Wildman–Crippen LogP) is 0.708. The van der Waals surface area contributed by atoms with Gasteiger partial charge in [0.15, 0.2) is 0 Å². The van der Waals surface area contributed by atoms with Crippen molar-refractivity contribution in [3.05, 3.63) is 0 Å². The molecule has 2 aliphatic heterocycles. The van der Waals surface area contributed by atoms with Crippen molar-refractivity contribution in [1.29, 1.82) is 0 Å². The highest BCUT2D eigenvalue weighted by Crippen LogP contribution is 2.16. The molecule has 1 unspecified atom stereocenters. The molecule has 0 aromatic carbocycles. The molecule has 15 heavy (non-hydrogen) atoms. The average Bonchev–Trinajstić information content (AvgIpc) is 2.80. The summed E-state index contributed by atoms with van der Waals surface area (Å²) in [7, 11) is 0. The van der Waals surface area contributed by atoms with Crippen LogP contribution in [0, 0.1) is 5.92 Å². The third-order valence-corrected chi connectivity index (χ3v) is 3.11. The van der Waals surface area contributed by atoms with Crippen molar-refractivity contribution < 1.29 is 14.3 Å². The Balaban J connectivity index is 1.66. The quantitative estimate of drug-likeness (QED) is 0.701. The molecule has 4 nitrogen and oxygen atoms in total. The first-order chi connectivity index (χ1) is 7.36. The molecular formula is C11H19NO3. The first-order valence-electron chi connectivity index (χ1n) is 5.85. The molecule has 4 heteroatoms. The zero-order valence-electron chi connectivity index (χ0n) is 9.04. The molecule has 2 saturated heterocycles. The number of ether oxygens (including phenoxy) is 2. The SMILES string of the molecule is O=C(OCC1CCCO1)C1CCNCC1. The summed E-state index contributed by atoms with van der Waals surface area (Å²) in [5.74, 6) is 0.0691. The van der Waals surface area contributed by atoms with Gasteiger partial charge in [-0.25, -0.2) is 0 Å².